The Balaban J connectivity index is 1.87. The zero-order chi connectivity index (χ0) is 18.9. The Bertz CT molecular complexity index is 787. The maximum Gasteiger partial charge on any atom is 0.338 e. The first-order valence-electron chi connectivity index (χ1n) is 8.07. The van der Waals surface area contributed by atoms with Crippen LogP contribution in [0.25, 0.3) is 0 Å². The summed E-state index contributed by atoms with van der Waals surface area (Å²) in [6.45, 7) is 3.66. The number of anilines is 1. The van der Waals surface area contributed by atoms with Crippen LogP contribution in [-0.4, -0.2) is 24.6 Å². The highest BCUT2D eigenvalue weighted by Crippen LogP contribution is 2.17. The standard InChI is InChI=1S/C19H20N2O5/c1-3-25-18(23)15-9-7-14(8-10-15)12-20-19(24)21-16-5-4-6-17(11-16)26-13(2)22/h4-11H,3,12H2,1-2H3,(H2,20,21,24). The van der Waals surface area contributed by atoms with Gasteiger partial charge < -0.3 is 20.1 Å². The lowest BCUT2D eigenvalue weighted by molar-refractivity contribution is -0.131. The van der Waals surface area contributed by atoms with Crippen LogP contribution in [0.2, 0.25) is 0 Å². The average molecular weight is 356 g/mol. The van der Waals surface area contributed by atoms with Gasteiger partial charge in [-0.25, -0.2) is 9.59 Å². The minimum Gasteiger partial charge on any atom is -0.462 e. The van der Waals surface area contributed by atoms with Crippen LogP contribution in [0.5, 0.6) is 5.75 Å². The highest BCUT2D eigenvalue weighted by atomic mass is 16.5. The summed E-state index contributed by atoms with van der Waals surface area (Å²) in [5.41, 5.74) is 1.79. The van der Waals surface area contributed by atoms with Crippen LogP contribution in [0, 0.1) is 0 Å². The zero-order valence-corrected chi connectivity index (χ0v) is 14.6. The molecule has 0 heterocycles. The van der Waals surface area contributed by atoms with Gasteiger partial charge in [-0.2, -0.15) is 0 Å². The molecule has 0 bridgehead atoms. The molecule has 0 spiro atoms. The highest BCUT2D eigenvalue weighted by Gasteiger charge is 2.07. The molecule has 0 aliphatic rings. The molecule has 2 amide bonds. The average Bonchev–Trinajstić information content (AvgIpc) is 2.60. The Morgan fingerprint density at radius 1 is 1.04 bits per heavy atom. The summed E-state index contributed by atoms with van der Waals surface area (Å²) >= 11 is 0. The van der Waals surface area contributed by atoms with Gasteiger partial charge in [0.15, 0.2) is 0 Å². The summed E-state index contributed by atoms with van der Waals surface area (Å²) in [7, 11) is 0. The summed E-state index contributed by atoms with van der Waals surface area (Å²) in [5, 5.41) is 5.36. The van der Waals surface area contributed by atoms with Gasteiger partial charge in [-0.05, 0) is 36.8 Å². The monoisotopic (exact) mass is 356 g/mol. The Labute approximate surface area is 151 Å². The lowest BCUT2D eigenvalue weighted by atomic mass is 10.1. The third-order valence-corrected chi connectivity index (χ3v) is 3.27. The Morgan fingerprint density at radius 3 is 2.42 bits per heavy atom. The van der Waals surface area contributed by atoms with Crippen LogP contribution in [0.15, 0.2) is 48.5 Å². The summed E-state index contributed by atoms with van der Waals surface area (Å²) < 4.78 is 9.88. The van der Waals surface area contributed by atoms with E-state index in [1.807, 2.05) is 0 Å². The second kappa shape index (κ2) is 9.22. The molecule has 0 aliphatic heterocycles. The van der Waals surface area contributed by atoms with Crippen molar-refractivity contribution in [3.8, 4) is 5.75 Å². The van der Waals surface area contributed by atoms with Gasteiger partial charge >= 0.3 is 18.0 Å². The van der Waals surface area contributed by atoms with E-state index in [9.17, 15) is 14.4 Å². The highest BCUT2D eigenvalue weighted by molar-refractivity contribution is 5.90. The fourth-order valence-corrected chi connectivity index (χ4v) is 2.13. The van der Waals surface area contributed by atoms with Crippen molar-refractivity contribution in [3.05, 3.63) is 59.7 Å². The number of urea groups is 1. The van der Waals surface area contributed by atoms with E-state index in [0.717, 1.165) is 5.56 Å². The molecule has 2 aromatic carbocycles. The van der Waals surface area contributed by atoms with Crippen LogP contribution in [0.3, 0.4) is 0 Å². The SMILES string of the molecule is CCOC(=O)c1ccc(CNC(=O)Nc2cccc(OC(C)=O)c2)cc1. The number of rotatable bonds is 6. The predicted octanol–water partition coefficient (Wildman–Crippen LogP) is 3.11. The van der Waals surface area contributed by atoms with Gasteiger partial charge in [0.2, 0.25) is 0 Å². The van der Waals surface area contributed by atoms with Crippen molar-refractivity contribution in [1.29, 1.82) is 0 Å². The van der Waals surface area contributed by atoms with E-state index in [0.29, 0.717) is 30.2 Å². The van der Waals surface area contributed by atoms with Crippen molar-refractivity contribution in [2.45, 2.75) is 20.4 Å². The molecule has 7 heteroatoms. The van der Waals surface area contributed by atoms with Crippen LogP contribution >= 0.6 is 0 Å². The van der Waals surface area contributed by atoms with Gasteiger partial charge in [0.25, 0.3) is 0 Å². The second-order valence-electron chi connectivity index (χ2n) is 5.35. The molecule has 0 saturated carbocycles. The van der Waals surface area contributed by atoms with Crippen LogP contribution in [0.1, 0.15) is 29.8 Å². The van der Waals surface area contributed by atoms with E-state index in [1.165, 1.54) is 6.92 Å². The van der Waals surface area contributed by atoms with Crippen molar-refractivity contribution in [2.75, 3.05) is 11.9 Å². The van der Waals surface area contributed by atoms with E-state index >= 15 is 0 Å². The first-order chi connectivity index (χ1) is 12.5. The van der Waals surface area contributed by atoms with Gasteiger partial charge in [-0.3, -0.25) is 4.79 Å². The quantitative estimate of drug-likeness (QED) is 0.613. The first-order valence-corrected chi connectivity index (χ1v) is 8.07. The van der Waals surface area contributed by atoms with E-state index in [4.69, 9.17) is 9.47 Å². The van der Waals surface area contributed by atoms with Gasteiger partial charge in [0, 0.05) is 25.2 Å². The zero-order valence-electron chi connectivity index (χ0n) is 14.6. The molecule has 0 fully saturated rings. The van der Waals surface area contributed by atoms with Crippen molar-refractivity contribution < 1.29 is 23.9 Å². The molecule has 136 valence electrons. The van der Waals surface area contributed by atoms with Crippen molar-refractivity contribution in [3.63, 3.8) is 0 Å². The number of amides is 2. The Morgan fingerprint density at radius 2 is 1.77 bits per heavy atom. The second-order valence-corrected chi connectivity index (χ2v) is 5.35. The van der Waals surface area contributed by atoms with E-state index in [1.54, 1.807) is 55.5 Å². The molecule has 0 aromatic heterocycles. The number of hydrogen-bond acceptors (Lipinski definition) is 5. The van der Waals surface area contributed by atoms with Gasteiger partial charge in [0.1, 0.15) is 5.75 Å². The third kappa shape index (κ3) is 5.94. The smallest absolute Gasteiger partial charge is 0.338 e. The summed E-state index contributed by atoms with van der Waals surface area (Å²) in [4.78, 5) is 34.5. The summed E-state index contributed by atoms with van der Waals surface area (Å²) in [6.07, 6.45) is 0. The molecule has 2 aromatic rings. The minimum atomic E-state index is -0.433. The molecule has 0 atom stereocenters. The normalized spacial score (nSPS) is 9.92. The van der Waals surface area contributed by atoms with Crippen LogP contribution < -0.4 is 15.4 Å². The Kier molecular flexibility index (Phi) is 6.73. The number of carbonyl (C=O) groups excluding carboxylic acids is 3. The number of ether oxygens (including phenoxy) is 2. The number of nitrogens with one attached hydrogen (secondary N) is 2. The number of esters is 2. The summed E-state index contributed by atoms with van der Waals surface area (Å²) in [5.74, 6) is -0.458. The van der Waals surface area contributed by atoms with Gasteiger partial charge in [0.05, 0.1) is 12.2 Å². The maximum atomic E-state index is 12.0. The lowest BCUT2D eigenvalue weighted by Gasteiger charge is -2.09. The molecule has 0 radical (unpaired) electrons. The lowest BCUT2D eigenvalue weighted by Crippen LogP contribution is -2.28. The topological polar surface area (TPSA) is 93.7 Å². The number of hydrogen-bond donors (Lipinski definition) is 2. The van der Waals surface area contributed by atoms with E-state index in [2.05, 4.69) is 10.6 Å². The molecule has 7 nitrogen and oxygen atoms in total. The van der Waals surface area contributed by atoms with E-state index < -0.39 is 12.0 Å². The molecular formula is C19H20N2O5. The first kappa shape index (κ1) is 19.0. The van der Waals surface area contributed by atoms with Crippen LogP contribution in [-0.2, 0) is 16.1 Å². The molecule has 2 N–H and O–H groups in total. The maximum absolute atomic E-state index is 12.0. The fraction of sp³-hybridized carbons (Fsp3) is 0.211. The molecule has 26 heavy (non-hydrogen) atoms. The van der Waals surface area contributed by atoms with E-state index in [-0.39, 0.29) is 5.97 Å². The molecule has 2 rings (SSSR count). The minimum absolute atomic E-state index is 0.290. The van der Waals surface area contributed by atoms with Gasteiger partial charge in [-0.1, -0.05) is 18.2 Å². The molecule has 0 saturated heterocycles. The largest absolute Gasteiger partial charge is 0.462 e. The molecule has 0 unspecified atom stereocenters. The number of benzene rings is 2. The Hall–Kier alpha value is -3.35. The summed E-state index contributed by atoms with van der Waals surface area (Å²) in [6, 6.07) is 12.9. The number of carbonyl (C=O) groups is 3. The fourth-order valence-electron chi connectivity index (χ4n) is 2.13. The van der Waals surface area contributed by atoms with Crippen molar-refractivity contribution in [1.82, 2.24) is 5.32 Å². The molecule has 0 aliphatic carbocycles. The van der Waals surface area contributed by atoms with Gasteiger partial charge in [-0.15, -0.1) is 0 Å². The predicted molar refractivity (Wildman–Crippen MR) is 96.0 cm³/mol. The third-order valence-electron chi connectivity index (χ3n) is 3.27. The van der Waals surface area contributed by atoms with Crippen molar-refractivity contribution in [2.24, 2.45) is 0 Å². The van der Waals surface area contributed by atoms with Crippen molar-refractivity contribution >= 4 is 23.7 Å². The molecular weight excluding hydrogens is 336 g/mol. The van der Waals surface area contributed by atoms with Crippen LogP contribution in [0.4, 0.5) is 10.5 Å².